The Labute approximate surface area is 160 Å². The van der Waals surface area contributed by atoms with Crippen LogP contribution < -0.4 is 10.6 Å². The topological polar surface area (TPSA) is 95.6 Å². The van der Waals surface area contributed by atoms with Crippen molar-refractivity contribution in [1.82, 2.24) is 14.9 Å². The molecule has 27 heavy (non-hydrogen) atoms. The van der Waals surface area contributed by atoms with Crippen LogP contribution in [0.15, 0.2) is 29.2 Å². The molecule has 0 radical (unpaired) electrons. The second-order valence-corrected chi connectivity index (χ2v) is 9.25. The van der Waals surface area contributed by atoms with Crippen LogP contribution in [0.2, 0.25) is 0 Å². The van der Waals surface area contributed by atoms with Crippen LogP contribution in [0.3, 0.4) is 0 Å². The maximum Gasteiger partial charge on any atom is 0.243 e. The predicted molar refractivity (Wildman–Crippen MR) is 102 cm³/mol. The van der Waals surface area contributed by atoms with Gasteiger partial charge in [-0.3, -0.25) is 9.59 Å². The predicted octanol–water partition coefficient (Wildman–Crippen LogP) is 1.16. The normalized spacial score (nSPS) is 22.3. The summed E-state index contributed by atoms with van der Waals surface area (Å²) in [5.74, 6) is -0.205. The molecule has 148 valence electrons. The Morgan fingerprint density at radius 1 is 1.11 bits per heavy atom. The lowest BCUT2D eigenvalue weighted by molar-refractivity contribution is -0.126. The van der Waals surface area contributed by atoms with E-state index >= 15 is 0 Å². The number of benzene rings is 1. The van der Waals surface area contributed by atoms with Gasteiger partial charge in [-0.2, -0.15) is 4.31 Å². The highest BCUT2D eigenvalue weighted by atomic mass is 32.2. The number of Topliss-reactive ketones (excluding diaryl/α,β-unsaturated/α-hetero) is 1. The molecule has 2 heterocycles. The van der Waals surface area contributed by atoms with E-state index in [-0.39, 0.29) is 28.5 Å². The van der Waals surface area contributed by atoms with Crippen molar-refractivity contribution in [2.24, 2.45) is 5.92 Å². The van der Waals surface area contributed by atoms with Gasteiger partial charge in [-0.05, 0) is 51.3 Å². The molecule has 1 amide bonds. The molecule has 3 rings (SSSR count). The summed E-state index contributed by atoms with van der Waals surface area (Å²) in [4.78, 5) is 24.0. The summed E-state index contributed by atoms with van der Waals surface area (Å²) < 4.78 is 27.0. The molecule has 0 aromatic heterocycles. The first kappa shape index (κ1) is 20.0. The molecule has 1 unspecified atom stereocenters. The van der Waals surface area contributed by atoms with Crippen molar-refractivity contribution in [2.75, 3.05) is 26.2 Å². The van der Waals surface area contributed by atoms with Crippen molar-refractivity contribution in [2.45, 2.75) is 43.5 Å². The number of ketones is 1. The SMILES string of the molecule is CC(=O)c1ccc(S(=O)(=O)N2CCC(C(=O)NC3CCCNC3)CC2)cc1. The van der Waals surface area contributed by atoms with Gasteiger partial charge in [0.15, 0.2) is 5.78 Å². The van der Waals surface area contributed by atoms with Crippen molar-refractivity contribution < 1.29 is 18.0 Å². The van der Waals surface area contributed by atoms with Crippen LogP contribution in [0.25, 0.3) is 0 Å². The minimum absolute atomic E-state index is 0.0339. The molecule has 0 spiro atoms. The monoisotopic (exact) mass is 393 g/mol. The van der Waals surface area contributed by atoms with Gasteiger partial charge in [-0.1, -0.05) is 12.1 Å². The van der Waals surface area contributed by atoms with Gasteiger partial charge in [0.2, 0.25) is 15.9 Å². The second kappa shape index (κ2) is 8.50. The maximum atomic E-state index is 12.8. The van der Waals surface area contributed by atoms with E-state index in [1.165, 1.54) is 35.5 Å². The van der Waals surface area contributed by atoms with E-state index < -0.39 is 10.0 Å². The minimum atomic E-state index is -3.60. The highest BCUT2D eigenvalue weighted by molar-refractivity contribution is 7.89. The molecule has 1 aromatic carbocycles. The average Bonchev–Trinajstić information content (AvgIpc) is 2.69. The van der Waals surface area contributed by atoms with Gasteiger partial charge in [0.1, 0.15) is 0 Å². The van der Waals surface area contributed by atoms with E-state index in [1.807, 2.05) is 0 Å². The molecule has 2 aliphatic rings. The lowest BCUT2D eigenvalue weighted by atomic mass is 9.96. The lowest BCUT2D eigenvalue weighted by Gasteiger charge is -2.32. The highest BCUT2D eigenvalue weighted by Crippen LogP contribution is 2.24. The zero-order chi connectivity index (χ0) is 19.4. The summed E-state index contributed by atoms with van der Waals surface area (Å²) in [7, 11) is -3.60. The standard InChI is InChI=1S/C19H27N3O4S/c1-14(23)15-4-6-18(7-5-15)27(25,26)22-11-8-16(9-12-22)19(24)21-17-3-2-10-20-13-17/h4-7,16-17,20H,2-3,8-13H2,1H3,(H,21,24). The largest absolute Gasteiger partial charge is 0.352 e. The first-order valence-corrected chi connectivity index (χ1v) is 10.9. The summed E-state index contributed by atoms with van der Waals surface area (Å²) in [6.07, 6.45) is 3.10. The molecular weight excluding hydrogens is 366 g/mol. The Hall–Kier alpha value is -1.77. The Balaban J connectivity index is 1.57. The fraction of sp³-hybridized carbons (Fsp3) is 0.579. The number of carbonyl (C=O) groups excluding carboxylic acids is 2. The molecule has 2 fully saturated rings. The first-order chi connectivity index (χ1) is 12.9. The number of rotatable bonds is 5. The third kappa shape index (κ3) is 4.75. The third-order valence-corrected chi connectivity index (χ3v) is 7.28. The summed E-state index contributed by atoms with van der Waals surface area (Å²) in [5, 5.41) is 6.37. The molecule has 8 heteroatoms. The first-order valence-electron chi connectivity index (χ1n) is 9.50. The van der Waals surface area contributed by atoms with E-state index in [4.69, 9.17) is 0 Å². The highest BCUT2D eigenvalue weighted by Gasteiger charge is 2.32. The number of sulfonamides is 1. The molecule has 0 bridgehead atoms. The summed E-state index contributed by atoms with van der Waals surface area (Å²) in [5.41, 5.74) is 0.488. The van der Waals surface area contributed by atoms with Crippen LogP contribution in [-0.4, -0.2) is 56.6 Å². The molecule has 0 aliphatic carbocycles. The van der Waals surface area contributed by atoms with Gasteiger partial charge >= 0.3 is 0 Å². The van der Waals surface area contributed by atoms with Gasteiger partial charge in [0, 0.05) is 37.2 Å². The van der Waals surface area contributed by atoms with Gasteiger partial charge in [-0.25, -0.2) is 8.42 Å². The van der Waals surface area contributed by atoms with Crippen LogP contribution in [0.5, 0.6) is 0 Å². The van der Waals surface area contributed by atoms with Gasteiger partial charge in [-0.15, -0.1) is 0 Å². The zero-order valence-corrected chi connectivity index (χ0v) is 16.4. The van der Waals surface area contributed by atoms with Crippen LogP contribution in [-0.2, 0) is 14.8 Å². The number of hydrogen-bond donors (Lipinski definition) is 2. The number of piperidine rings is 2. The number of nitrogens with zero attached hydrogens (tertiary/aromatic N) is 1. The van der Waals surface area contributed by atoms with Crippen molar-refractivity contribution in [3.63, 3.8) is 0 Å². The fourth-order valence-electron chi connectivity index (χ4n) is 3.66. The van der Waals surface area contributed by atoms with Crippen LogP contribution in [0, 0.1) is 5.92 Å². The maximum absolute atomic E-state index is 12.8. The molecule has 1 aromatic rings. The van der Waals surface area contributed by atoms with E-state index in [0.717, 1.165) is 25.9 Å². The van der Waals surface area contributed by atoms with Crippen molar-refractivity contribution in [1.29, 1.82) is 0 Å². The zero-order valence-electron chi connectivity index (χ0n) is 15.6. The molecule has 1 atom stereocenters. The number of amides is 1. The third-order valence-electron chi connectivity index (χ3n) is 5.37. The van der Waals surface area contributed by atoms with Crippen molar-refractivity contribution in [3.05, 3.63) is 29.8 Å². The van der Waals surface area contributed by atoms with Gasteiger partial charge < -0.3 is 10.6 Å². The van der Waals surface area contributed by atoms with E-state index in [0.29, 0.717) is 31.5 Å². The van der Waals surface area contributed by atoms with Crippen molar-refractivity contribution >= 4 is 21.7 Å². The van der Waals surface area contributed by atoms with Gasteiger partial charge in [0.25, 0.3) is 0 Å². The average molecular weight is 394 g/mol. The quantitative estimate of drug-likeness (QED) is 0.732. The Morgan fingerprint density at radius 2 is 1.78 bits per heavy atom. The Kier molecular flexibility index (Phi) is 6.29. The Bertz CT molecular complexity index is 778. The summed E-state index contributed by atoms with van der Waals surface area (Å²) in [6.45, 7) is 3.91. The van der Waals surface area contributed by atoms with Crippen LogP contribution in [0.1, 0.15) is 43.0 Å². The fourth-order valence-corrected chi connectivity index (χ4v) is 5.13. The van der Waals surface area contributed by atoms with Crippen LogP contribution >= 0.6 is 0 Å². The Morgan fingerprint density at radius 3 is 2.33 bits per heavy atom. The van der Waals surface area contributed by atoms with E-state index in [9.17, 15) is 18.0 Å². The number of nitrogens with one attached hydrogen (secondary N) is 2. The number of hydrogen-bond acceptors (Lipinski definition) is 5. The van der Waals surface area contributed by atoms with E-state index in [1.54, 1.807) is 0 Å². The molecule has 2 saturated heterocycles. The molecule has 2 aliphatic heterocycles. The van der Waals surface area contributed by atoms with E-state index in [2.05, 4.69) is 10.6 Å². The number of carbonyl (C=O) groups is 2. The minimum Gasteiger partial charge on any atom is -0.352 e. The lowest BCUT2D eigenvalue weighted by Crippen LogP contribution is -2.49. The molecule has 7 nitrogen and oxygen atoms in total. The summed E-state index contributed by atoms with van der Waals surface area (Å²) >= 11 is 0. The van der Waals surface area contributed by atoms with Crippen LogP contribution in [0.4, 0.5) is 0 Å². The van der Waals surface area contributed by atoms with Gasteiger partial charge in [0.05, 0.1) is 4.90 Å². The smallest absolute Gasteiger partial charge is 0.243 e. The molecular formula is C19H27N3O4S. The van der Waals surface area contributed by atoms with Crippen molar-refractivity contribution in [3.8, 4) is 0 Å². The second-order valence-electron chi connectivity index (χ2n) is 7.31. The summed E-state index contributed by atoms with van der Waals surface area (Å²) in [6, 6.07) is 6.19. The molecule has 2 N–H and O–H groups in total. The molecule has 0 saturated carbocycles.